The van der Waals surface area contributed by atoms with E-state index in [4.69, 9.17) is 0 Å². The highest BCUT2D eigenvalue weighted by atomic mass is 32.2. The van der Waals surface area contributed by atoms with Crippen molar-refractivity contribution in [2.24, 2.45) is 0 Å². The summed E-state index contributed by atoms with van der Waals surface area (Å²) >= 11 is 1.68. The third-order valence-electron chi connectivity index (χ3n) is 3.70. The van der Waals surface area contributed by atoms with E-state index in [1.54, 1.807) is 11.8 Å². The Labute approximate surface area is 134 Å². The van der Waals surface area contributed by atoms with Crippen LogP contribution in [0.25, 0.3) is 0 Å². The van der Waals surface area contributed by atoms with Gasteiger partial charge in [0.2, 0.25) is 0 Å². The molecule has 0 saturated heterocycles. The van der Waals surface area contributed by atoms with Crippen LogP contribution in [0.3, 0.4) is 0 Å². The summed E-state index contributed by atoms with van der Waals surface area (Å²) in [6, 6.07) is 13.7. The summed E-state index contributed by atoms with van der Waals surface area (Å²) in [5.41, 5.74) is 4.24. The first-order valence-electron chi connectivity index (χ1n) is 7.29. The van der Waals surface area contributed by atoms with Gasteiger partial charge in [-0.25, -0.2) is 4.79 Å². The van der Waals surface area contributed by atoms with Gasteiger partial charge in [-0.1, -0.05) is 6.07 Å². The molecule has 5 heteroatoms. The first-order valence-corrected chi connectivity index (χ1v) is 8.51. The molecule has 114 valence electrons. The molecule has 2 aromatic rings. The average Bonchev–Trinajstić information content (AvgIpc) is 2.55. The van der Waals surface area contributed by atoms with Crippen molar-refractivity contribution in [2.45, 2.75) is 17.9 Å². The van der Waals surface area contributed by atoms with Crippen LogP contribution in [0.5, 0.6) is 0 Å². The van der Waals surface area contributed by atoms with Crippen LogP contribution in [0.15, 0.2) is 47.4 Å². The Morgan fingerprint density at radius 2 is 1.77 bits per heavy atom. The van der Waals surface area contributed by atoms with Crippen LogP contribution >= 0.6 is 11.8 Å². The molecular formula is C17H19N3OS. The van der Waals surface area contributed by atoms with Crippen molar-refractivity contribution in [1.29, 1.82) is 0 Å². The fourth-order valence-corrected chi connectivity index (χ4v) is 2.93. The second-order valence-corrected chi connectivity index (χ2v) is 6.10. The molecule has 0 saturated carbocycles. The summed E-state index contributed by atoms with van der Waals surface area (Å²) in [4.78, 5) is 13.2. The van der Waals surface area contributed by atoms with Gasteiger partial charge in [0.1, 0.15) is 0 Å². The molecule has 0 fully saturated rings. The van der Waals surface area contributed by atoms with Gasteiger partial charge in [-0.3, -0.25) is 0 Å². The van der Waals surface area contributed by atoms with E-state index in [9.17, 15) is 4.79 Å². The van der Waals surface area contributed by atoms with Crippen molar-refractivity contribution >= 4 is 29.2 Å². The van der Waals surface area contributed by atoms with Crippen molar-refractivity contribution in [3.8, 4) is 0 Å². The van der Waals surface area contributed by atoms with Crippen molar-refractivity contribution in [3.63, 3.8) is 0 Å². The van der Waals surface area contributed by atoms with E-state index >= 15 is 0 Å². The lowest BCUT2D eigenvalue weighted by Crippen LogP contribution is -2.24. The van der Waals surface area contributed by atoms with Crippen LogP contribution in [-0.2, 0) is 13.0 Å². The van der Waals surface area contributed by atoms with E-state index in [0.29, 0.717) is 0 Å². The molecule has 0 aromatic heterocycles. The second-order valence-electron chi connectivity index (χ2n) is 5.22. The number of carbonyl (C=O) groups is 1. The predicted octanol–water partition coefficient (Wildman–Crippen LogP) is 3.70. The van der Waals surface area contributed by atoms with E-state index in [2.05, 4.69) is 28.1 Å². The summed E-state index contributed by atoms with van der Waals surface area (Å²) < 4.78 is 0. The Balaban J connectivity index is 1.63. The molecule has 4 nitrogen and oxygen atoms in total. The minimum absolute atomic E-state index is 0.217. The number of nitrogens with one attached hydrogen (secondary N) is 3. The Morgan fingerprint density at radius 1 is 1.05 bits per heavy atom. The summed E-state index contributed by atoms with van der Waals surface area (Å²) in [7, 11) is 0. The molecule has 1 aliphatic rings. The Morgan fingerprint density at radius 3 is 2.55 bits per heavy atom. The number of benzene rings is 2. The Kier molecular flexibility index (Phi) is 4.65. The number of fused-ring (bicyclic) bond motifs is 1. The van der Waals surface area contributed by atoms with Crippen LogP contribution in [0.4, 0.5) is 16.2 Å². The molecule has 0 radical (unpaired) electrons. The number of rotatable bonds is 3. The van der Waals surface area contributed by atoms with E-state index in [-0.39, 0.29) is 6.03 Å². The molecule has 0 spiro atoms. The van der Waals surface area contributed by atoms with Crippen molar-refractivity contribution in [3.05, 3.63) is 53.6 Å². The highest BCUT2D eigenvalue weighted by Crippen LogP contribution is 2.20. The molecule has 2 aromatic carbocycles. The van der Waals surface area contributed by atoms with E-state index < -0.39 is 0 Å². The maximum absolute atomic E-state index is 12.1. The molecule has 0 atom stereocenters. The number of anilines is 2. The van der Waals surface area contributed by atoms with Gasteiger partial charge in [-0.2, -0.15) is 0 Å². The number of urea groups is 1. The minimum Gasteiger partial charge on any atom is -0.312 e. The quantitative estimate of drug-likeness (QED) is 0.757. The van der Waals surface area contributed by atoms with Gasteiger partial charge < -0.3 is 16.0 Å². The molecule has 2 amide bonds. The van der Waals surface area contributed by atoms with Gasteiger partial charge in [0.15, 0.2) is 0 Å². The minimum atomic E-state index is -0.217. The molecule has 3 N–H and O–H groups in total. The highest BCUT2D eigenvalue weighted by molar-refractivity contribution is 7.98. The van der Waals surface area contributed by atoms with Crippen LogP contribution in [-0.4, -0.2) is 18.8 Å². The van der Waals surface area contributed by atoms with Gasteiger partial charge in [-0.15, -0.1) is 11.8 Å². The lowest BCUT2D eigenvalue weighted by molar-refractivity contribution is 0.262. The van der Waals surface area contributed by atoms with Gasteiger partial charge in [0, 0.05) is 22.8 Å². The van der Waals surface area contributed by atoms with Gasteiger partial charge in [-0.05, 0) is 66.7 Å². The maximum atomic E-state index is 12.1. The standard InChI is InChI=1S/C17H19N3OS/c1-22-16-6-4-14(5-7-16)19-17(21)20-15-3-2-13-11-18-9-8-12(13)10-15/h2-7,10,18H,8-9,11H2,1H3,(H2,19,20,21). The second kappa shape index (κ2) is 6.85. The van der Waals surface area contributed by atoms with Crippen molar-refractivity contribution in [1.82, 2.24) is 5.32 Å². The maximum Gasteiger partial charge on any atom is 0.323 e. The average molecular weight is 313 g/mol. The molecule has 0 aliphatic carbocycles. The number of hydrogen-bond donors (Lipinski definition) is 3. The fraction of sp³-hybridized carbons (Fsp3) is 0.235. The SMILES string of the molecule is CSc1ccc(NC(=O)Nc2ccc3c(c2)CCNC3)cc1. The zero-order chi connectivity index (χ0) is 15.4. The Bertz CT molecular complexity index is 670. The van der Waals surface area contributed by atoms with E-state index in [1.807, 2.05) is 36.6 Å². The zero-order valence-corrected chi connectivity index (χ0v) is 13.3. The first kappa shape index (κ1) is 14.9. The largest absolute Gasteiger partial charge is 0.323 e. The van der Waals surface area contributed by atoms with Gasteiger partial charge >= 0.3 is 6.03 Å². The molecular weight excluding hydrogens is 294 g/mol. The van der Waals surface area contributed by atoms with Gasteiger partial charge in [0.25, 0.3) is 0 Å². The topological polar surface area (TPSA) is 53.2 Å². The van der Waals surface area contributed by atoms with E-state index in [0.717, 1.165) is 30.9 Å². The van der Waals surface area contributed by atoms with Crippen LogP contribution in [0.1, 0.15) is 11.1 Å². The van der Waals surface area contributed by atoms with Crippen molar-refractivity contribution in [2.75, 3.05) is 23.4 Å². The van der Waals surface area contributed by atoms with Gasteiger partial charge in [0.05, 0.1) is 0 Å². The zero-order valence-electron chi connectivity index (χ0n) is 12.5. The first-order chi connectivity index (χ1) is 10.7. The summed E-state index contributed by atoms with van der Waals surface area (Å²) in [5, 5.41) is 9.09. The lowest BCUT2D eigenvalue weighted by atomic mass is 10.0. The van der Waals surface area contributed by atoms with Crippen molar-refractivity contribution < 1.29 is 4.79 Å². The number of amides is 2. The number of hydrogen-bond acceptors (Lipinski definition) is 3. The van der Waals surface area contributed by atoms with Crippen LogP contribution in [0, 0.1) is 0 Å². The predicted molar refractivity (Wildman–Crippen MR) is 92.7 cm³/mol. The normalized spacial score (nSPS) is 13.3. The van der Waals surface area contributed by atoms with Crippen LogP contribution < -0.4 is 16.0 Å². The monoisotopic (exact) mass is 313 g/mol. The fourth-order valence-electron chi connectivity index (χ4n) is 2.52. The Hall–Kier alpha value is -1.98. The smallest absolute Gasteiger partial charge is 0.312 e. The third kappa shape index (κ3) is 3.61. The van der Waals surface area contributed by atoms with Crippen LogP contribution in [0.2, 0.25) is 0 Å². The molecule has 3 rings (SSSR count). The lowest BCUT2D eigenvalue weighted by Gasteiger charge is -2.18. The van der Waals surface area contributed by atoms with E-state index in [1.165, 1.54) is 16.0 Å². The molecule has 0 unspecified atom stereocenters. The molecule has 1 heterocycles. The summed E-state index contributed by atoms with van der Waals surface area (Å²) in [6.07, 6.45) is 3.03. The third-order valence-corrected chi connectivity index (χ3v) is 4.44. The summed E-state index contributed by atoms with van der Waals surface area (Å²) in [6.45, 7) is 1.90. The molecule has 22 heavy (non-hydrogen) atoms. The number of thioether (sulfide) groups is 1. The molecule has 1 aliphatic heterocycles. The number of carbonyl (C=O) groups excluding carboxylic acids is 1. The summed E-state index contributed by atoms with van der Waals surface area (Å²) in [5.74, 6) is 0. The highest BCUT2D eigenvalue weighted by Gasteiger charge is 2.10. The molecule has 0 bridgehead atoms.